The summed E-state index contributed by atoms with van der Waals surface area (Å²) in [6, 6.07) is 9.45. The van der Waals surface area contributed by atoms with E-state index in [2.05, 4.69) is 34.3 Å². The number of carbonyl (C=O) groups is 1. The van der Waals surface area contributed by atoms with Crippen molar-refractivity contribution in [3.05, 3.63) is 47.5 Å². The first-order valence-electron chi connectivity index (χ1n) is 7.94. The Labute approximate surface area is 154 Å². The summed E-state index contributed by atoms with van der Waals surface area (Å²) in [5.74, 6) is -0.826. The molecule has 0 unspecified atom stereocenters. The number of H-pyrrole nitrogens is 1. The number of nitrogens with zero attached hydrogens (tertiary/aromatic N) is 2. The van der Waals surface area contributed by atoms with Crippen LogP contribution in [0.5, 0.6) is 11.5 Å². The first-order chi connectivity index (χ1) is 12.4. The van der Waals surface area contributed by atoms with E-state index in [1.807, 2.05) is 0 Å². The second kappa shape index (κ2) is 7.49. The van der Waals surface area contributed by atoms with Crippen LogP contribution in [0.2, 0.25) is 0 Å². The summed E-state index contributed by atoms with van der Waals surface area (Å²) in [6.07, 6.45) is 1.38. The third-order valence-corrected chi connectivity index (χ3v) is 4.34. The van der Waals surface area contributed by atoms with Gasteiger partial charge in [-0.15, -0.1) is 0 Å². The van der Waals surface area contributed by atoms with Crippen molar-refractivity contribution in [2.24, 2.45) is 5.10 Å². The number of aromatic nitrogens is 2. The Balaban J connectivity index is 1.70. The number of thioether (sulfide) groups is 1. The van der Waals surface area contributed by atoms with Crippen LogP contribution in [-0.4, -0.2) is 37.6 Å². The molecule has 26 heavy (non-hydrogen) atoms. The zero-order valence-electron chi connectivity index (χ0n) is 14.2. The Morgan fingerprint density at radius 1 is 1.23 bits per heavy atom. The Bertz CT molecular complexity index is 982. The van der Waals surface area contributed by atoms with E-state index in [1.165, 1.54) is 18.3 Å². The van der Waals surface area contributed by atoms with Crippen LogP contribution in [0.1, 0.15) is 29.8 Å². The lowest BCUT2D eigenvalue weighted by Crippen LogP contribution is -2.17. The third kappa shape index (κ3) is 4.15. The standard InChI is InChI=1S/C18H18N4O3S/c1-10(2)26-18-20-13-5-4-12(8-14(13)21-18)17(25)22-19-9-11-3-6-15(23)16(24)7-11/h3-10,23-24H,1-2H3,(H,20,21)(H,22,25)/b19-9-. The molecule has 0 bridgehead atoms. The van der Waals surface area contributed by atoms with Crippen molar-refractivity contribution in [2.45, 2.75) is 24.3 Å². The zero-order chi connectivity index (χ0) is 18.7. The molecule has 2 aromatic carbocycles. The van der Waals surface area contributed by atoms with Crippen molar-refractivity contribution in [1.82, 2.24) is 15.4 Å². The van der Waals surface area contributed by atoms with Gasteiger partial charge in [-0.2, -0.15) is 5.10 Å². The predicted molar refractivity (Wildman–Crippen MR) is 102 cm³/mol. The molecule has 4 N–H and O–H groups in total. The van der Waals surface area contributed by atoms with Crippen LogP contribution in [0.3, 0.4) is 0 Å². The molecule has 0 fully saturated rings. The fraction of sp³-hybridized carbons (Fsp3) is 0.167. The van der Waals surface area contributed by atoms with E-state index >= 15 is 0 Å². The summed E-state index contributed by atoms with van der Waals surface area (Å²) in [5.41, 5.74) is 5.01. The van der Waals surface area contributed by atoms with Gasteiger partial charge < -0.3 is 15.2 Å². The highest BCUT2D eigenvalue weighted by molar-refractivity contribution is 7.99. The Morgan fingerprint density at radius 2 is 2.04 bits per heavy atom. The van der Waals surface area contributed by atoms with Gasteiger partial charge in [0.25, 0.3) is 5.91 Å². The molecular weight excluding hydrogens is 352 g/mol. The Hall–Kier alpha value is -3.00. The Kier molecular flexibility index (Phi) is 5.13. The van der Waals surface area contributed by atoms with Gasteiger partial charge in [-0.3, -0.25) is 4.79 Å². The van der Waals surface area contributed by atoms with Crippen LogP contribution >= 0.6 is 11.8 Å². The first-order valence-corrected chi connectivity index (χ1v) is 8.82. The molecule has 0 saturated heterocycles. The maximum Gasteiger partial charge on any atom is 0.271 e. The lowest BCUT2D eigenvalue weighted by Gasteiger charge is -2.01. The molecule has 3 aromatic rings. The van der Waals surface area contributed by atoms with Crippen molar-refractivity contribution in [2.75, 3.05) is 0 Å². The number of nitrogens with one attached hydrogen (secondary N) is 2. The monoisotopic (exact) mass is 370 g/mol. The smallest absolute Gasteiger partial charge is 0.271 e. The van der Waals surface area contributed by atoms with Crippen LogP contribution in [0.4, 0.5) is 0 Å². The number of amides is 1. The summed E-state index contributed by atoms with van der Waals surface area (Å²) in [4.78, 5) is 19.9. The Morgan fingerprint density at radius 3 is 2.77 bits per heavy atom. The average molecular weight is 370 g/mol. The lowest BCUT2D eigenvalue weighted by molar-refractivity contribution is 0.0955. The van der Waals surface area contributed by atoms with Gasteiger partial charge in [0.05, 0.1) is 17.2 Å². The van der Waals surface area contributed by atoms with Crippen molar-refractivity contribution in [3.8, 4) is 11.5 Å². The van der Waals surface area contributed by atoms with E-state index in [-0.39, 0.29) is 17.4 Å². The van der Waals surface area contributed by atoms with E-state index in [0.717, 1.165) is 16.2 Å². The number of aromatic hydroxyl groups is 2. The molecule has 1 amide bonds. The molecule has 1 aromatic heterocycles. The van der Waals surface area contributed by atoms with Crippen LogP contribution in [0.25, 0.3) is 11.0 Å². The van der Waals surface area contributed by atoms with E-state index in [0.29, 0.717) is 16.4 Å². The fourth-order valence-corrected chi connectivity index (χ4v) is 3.02. The summed E-state index contributed by atoms with van der Waals surface area (Å²) in [5, 5.41) is 23.8. The molecule has 1 heterocycles. The summed E-state index contributed by atoms with van der Waals surface area (Å²) >= 11 is 1.62. The van der Waals surface area contributed by atoms with E-state index < -0.39 is 0 Å². The molecular formula is C18H18N4O3S. The van der Waals surface area contributed by atoms with Crippen molar-refractivity contribution in [3.63, 3.8) is 0 Å². The lowest BCUT2D eigenvalue weighted by atomic mass is 10.2. The summed E-state index contributed by atoms with van der Waals surface area (Å²) < 4.78 is 0. The highest BCUT2D eigenvalue weighted by Crippen LogP contribution is 2.24. The summed E-state index contributed by atoms with van der Waals surface area (Å²) in [6.45, 7) is 4.17. The van der Waals surface area contributed by atoms with Crippen molar-refractivity contribution in [1.29, 1.82) is 0 Å². The molecule has 8 heteroatoms. The minimum atomic E-state index is -0.362. The van der Waals surface area contributed by atoms with E-state index in [4.69, 9.17) is 0 Å². The number of phenols is 2. The normalized spacial score (nSPS) is 11.5. The first kappa shape index (κ1) is 17.8. The molecule has 0 saturated carbocycles. The molecule has 0 aliphatic heterocycles. The van der Waals surface area contributed by atoms with Gasteiger partial charge in [0.2, 0.25) is 0 Å². The molecule has 0 aliphatic rings. The number of phenolic OH excluding ortho intramolecular Hbond substituents is 2. The molecule has 0 atom stereocenters. The molecule has 3 rings (SSSR count). The van der Waals surface area contributed by atoms with Crippen molar-refractivity contribution >= 4 is 34.9 Å². The van der Waals surface area contributed by atoms with Crippen LogP contribution in [0.15, 0.2) is 46.7 Å². The quantitative estimate of drug-likeness (QED) is 0.238. The zero-order valence-corrected chi connectivity index (χ0v) is 15.0. The number of fused-ring (bicyclic) bond motifs is 1. The topological polar surface area (TPSA) is 111 Å². The van der Waals surface area contributed by atoms with Gasteiger partial charge in [-0.25, -0.2) is 10.4 Å². The number of benzene rings is 2. The fourth-order valence-electron chi connectivity index (χ4n) is 2.26. The SMILES string of the molecule is CC(C)Sc1nc2ccc(C(=O)N/N=C\c3ccc(O)c(O)c3)cc2[nH]1. The predicted octanol–water partition coefficient (Wildman–Crippen LogP) is 3.24. The largest absolute Gasteiger partial charge is 0.504 e. The second-order valence-electron chi connectivity index (χ2n) is 5.89. The molecule has 134 valence electrons. The van der Waals surface area contributed by atoms with Gasteiger partial charge >= 0.3 is 0 Å². The van der Waals surface area contributed by atoms with Gasteiger partial charge in [-0.05, 0) is 42.0 Å². The maximum atomic E-state index is 12.2. The van der Waals surface area contributed by atoms with E-state index in [9.17, 15) is 15.0 Å². The van der Waals surface area contributed by atoms with Crippen LogP contribution in [0, 0.1) is 0 Å². The number of imidazole rings is 1. The van der Waals surface area contributed by atoms with E-state index in [1.54, 1.807) is 36.0 Å². The molecule has 0 aliphatic carbocycles. The number of carbonyl (C=O) groups excluding carboxylic acids is 1. The minimum Gasteiger partial charge on any atom is -0.504 e. The molecule has 0 radical (unpaired) electrons. The number of hydrogen-bond donors (Lipinski definition) is 4. The number of rotatable bonds is 5. The van der Waals surface area contributed by atoms with Gasteiger partial charge in [0, 0.05) is 10.8 Å². The van der Waals surface area contributed by atoms with Gasteiger partial charge in [0.1, 0.15) is 0 Å². The number of hydrogen-bond acceptors (Lipinski definition) is 6. The number of aromatic amines is 1. The van der Waals surface area contributed by atoms with Gasteiger partial charge in [-0.1, -0.05) is 25.6 Å². The third-order valence-electron chi connectivity index (χ3n) is 3.45. The molecule has 7 nitrogen and oxygen atoms in total. The van der Waals surface area contributed by atoms with Crippen molar-refractivity contribution < 1.29 is 15.0 Å². The highest BCUT2D eigenvalue weighted by atomic mass is 32.2. The van der Waals surface area contributed by atoms with Crippen LogP contribution < -0.4 is 5.43 Å². The minimum absolute atomic E-state index is 0.214. The van der Waals surface area contributed by atoms with Gasteiger partial charge in [0.15, 0.2) is 16.7 Å². The summed E-state index contributed by atoms with van der Waals surface area (Å²) in [7, 11) is 0. The average Bonchev–Trinajstić information content (AvgIpc) is 2.98. The second-order valence-corrected chi connectivity index (χ2v) is 7.45. The number of hydrazone groups is 1. The molecule has 0 spiro atoms. The maximum absolute atomic E-state index is 12.2. The van der Waals surface area contributed by atoms with Crippen LogP contribution in [-0.2, 0) is 0 Å². The highest BCUT2D eigenvalue weighted by Gasteiger charge is 2.09.